The number of aryl methyl sites for hydroxylation is 1. The topological polar surface area (TPSA) is 108 Å². The number of carbonyl (C=O) groups excluding carboxylic acids is 2. The molecular formula is C31H40O8. The summed E-state index contributed by atoms with van der Waals surface area (Å²) in [5, 5.41) is 9.32. The van der Waals surface area contributed by atoms with Crippen LogP contribution in [0.1, 0.15) is 91.6 Å². The summed E-state index contributed by atoms with van der Waals surface area (Å²) < 4.78 is 24.1. The van der Waals surface area contributed by atoms with Crippen molar-refractivity contribution in [2.24, 2.45) is 0 Å². The first-order valence-electron chi connectivity index (χ1n) is 13.7. The van der Waals surface area contributed by atoms with E-state index in [-0.39, 0.29) is 31.0 Å². The van der Waals surface area contributed by atoms with Gasteiger partial charge in [-0.05, 0) is 50.5 Å². The number of fused-ring (bicyclic) bond motifs is 1. The highest BCUT2D eigenvalue weighted by molar-refractivity contribution is 6.04. The number of methoxy groups -OCH3 is 1. The molecule has 0 spiro atoms. The van der Waals surface area contributed by atoms with Crippen LogP contribution in [0.4, 0.5) is 0 Å². The second-order valence-electron chi connectivity index (χ2n) is 10.1. The van der Waals surface area contributed by atoms with Gasteiger partial charge >= 0.3 is 5.97 Å². The third-order valence-electron chi connectivity index (χ3n) is 6.98. The fourth-order valence-corrected chi connectivity index (χ4v) is 5.04. The van der Waals surface area contributed by atoms with Crippen LogP contribution in [0.25, 0.3) is 0 Å². The maximum Gasteiger partial charge on any atom is 0.303 e. The van der Waals surface area contributed by atoms with Crippen LogP contribution in [0.2, 0.25) is 0 Å². The summed E-state index contributed by atoms with van der Waals surface area (Å²) >= 11 is 0. The molecule has 2 atom stereocenters. The minimum absolute atomic E-state index is 0.0714. The lowest BCUT2D eigenvalue weighted by Crippen LogP contribution is -2.54. The Balaban J connectivity index is 1.73. The molecule has 1 aliphatic rings. The van der Waals surface area contributed by atoms with E-state index in [1.54, 1.807) is 32.2 Å². The zero-order chi connectivity index (χ0) is 28.6. The first-order chi connectivity index (χ1) is 18.7. The van der Waals surface area contributed by atoms with E-state index in [1.807, 2.05) is 19.1 Å². The maximum absolute atomic E-state index is 13.6. The molecule has 212 valence electrons. The predicted octanol–water partition coefficient (Wildman–Crippen LogP) is 5.86. The minimum Gasteiger partial charge on any atom is -0.496 e. The Hall–Kier alpha value is -3.39. The average Bonchev–Trinajstić information content (AvgIpc) is 2.90. The van der Waals surface area contributed by atoms with Crippen LogP contribution in [0.5, 0.6) is 17.2 Å². The van der Waals surface area contributed by atoms with E-state index in [1.165, 1.54) is 6.92 Å². The van der Waals surface area contributed by atoms with Crippen LogP contribution in [-0.2, 0) is 22.4 Å². The van der Waals surface area contributed by atoms with E-state index >= 15 is 0 Å². The number of hydrogen-bond donors (Lipinski definition) is 1. The van der Waals surface area contributed by atoms with Gasteiger partial charge in [-0.25, -0.2) is 0 Å². The van der Waals surface area contributed by atoms with E-state index in [2.05, 4.69) is 6.92 Å². The molecule has 2 aromatic carbocycles. The monoisotopic (exact) mass is 540 g/mol. The van der Waals surface area contributed by atoms with Crippen LogP contribution < -0.4 is 14.2 Å². The zero-order valence-corrected chi connectivity index (χ0v) is 23.6. The van der Waals surface area contributed by atoms with Gasteiger partial charge in [0.15, 0.2) is 17.7 Å². The molecule has 0 saturated carbocycles. The standard InChI is InChI=1S/C31H40O8/c1-6-10-21-12-8-13-24-27(35)30(31(4,39-28(21)24)17-16-26(33)34)38-19-9-18-37-25-15-14-22(20(3)32)29(36-5)23(25)11-7-2/h8,12-15,30H,6-7,9-11,16-19H2,1-5H3,(H,33,34). The van der Waals surface area contributed by atoms with Crippen molar-refractivity contribution in [2.45, 2.75) is 84.3 Å². The Morgan fingerprint density at radius 3 is 2.46 bits per heavy atom. The number of ether oxygens (including phenoxy) is 4. The molecule has 39 heavy (non-hydrogen) atoms. The smallest absolute Gasteiger partial charge is 0.303 e. The van der Waals surface area contributed by atoms with Crippen molar-refractivity contribution >= 4 is 17.5 Å². The van der Waals surface area contributed by atoms with Crippen molar-refractivity contribution in [1.82, 2.24) is 0 Å². The molecular weight excluding hydrogens is 500 g/mol. The number of ketones is 2. The molecule has 0 radical (unpaired) electrons. The van der Waals surface area contributed by atoms with Crippen molar-refractivity contribution in [3.8, 4) is 17.2 Å². The Morgan fingerprint density at radius 2 is 1.82 bits per heavy atom. The Kier molecular flexibility index (Phi) is 10.5. The van der Waals surface area contributed by atoms with Gasteiger partial charge in [-0.1, -0.05) is 38.8 Å². The second-order valence-corrected chi connectivity index (χ2v) is 10.1. The number of Topliss-reactive ketones (excluding diaryl/α,β-unsaturated/α-hetero) is 2. The SMILES string of the molecule is CCCc1cccc2c1OC(C)(CCC(=O)O)C(OCCCOc1ccc(C(C)=O)c(OC)c1CCC)C2=O. The predicted molar refractivity (Wildman–Crippen MR) is 148 cm³/mol. The summed E-state index contributed by atoms with van der Waals surface area (Å²) in [5.74, 6) is 0.501. The highest BCUT2D eigenvalue weighted by Gasteiger charge is 2.48. The lowest BCUT2D eigenvalue weighted by atomic mass is 9.83. The lowest BCUT2D eigenvalue weighted by Gasteiger charge is -2.41. The van der Waals surface area contributed by atoms with E-state index in [0.29, 0.717) is 47.8 Å². The van der Waals surface area contributed by atoms with Crippen molar-refractivity contribution in [2.75, 3.05) is 20.3 Å². The number of benzene rings is 2. The van der Waals surface area contributed by atoms with Crippen molar-refractivity contribution in [3.63, 3.8) is 0 Å². The molecule has 3 rings (SSSR count). The molecule has 1 heterocycles. The molecule has 0 saturated heterocycles. The summed E-state index contributed by atoms with van der Waals surface area (Å²) in [6.45, 7) is 7.91. The van der Waals surface area contributed by atoms with Gasteiger partial charge < -0.3 is 24.1 Å². The molecule has 1 aliphatic heterocycles. The first kappa shape index (κ1) is 30.2. The highest BCUT2D eigenvalue weighted by Crippen LogP contribution is 2.40. The van der Waals surface area contributed by atoms with Gasteiger partial charge in [0.25, 0.3) is 0 Å². The molecule has 0 amide bonds. The van der Waals surface area contributed by atoms with Crippen molar-refractivity contribution < 1.29 is 38.4 Å². The van der Waals surface area contributed by atoms with Gasteiger partial charge in [-0.15, -0.1) is 0 Å². The van der Waals surface area contributed by atoms with E-state index < -0.39 is 17.7 Å². The molecule has 2 aromatic rings. The van der Waals surface area contributed by atoms with Crippen LogP contribution in [0, 0.1) is 0 Å². The normalized spacial score (nSPS) is 18.3. The number of carboxylic acid groups (broad SMARTS) is 1. The number of aliphatic carboxylic acids is 1. The number of carboxylic acids is 1. The number of rotatable bonds is 15. The first-order valence-corrected chi connectivity index (χ1v) is 13.7. The van der Waals surface area contributed by atoms with E-state index in [9.17, 15) is 19.5 Å². The molecule has 0 fully saturated rings. The van der Waals surface area contributed by atoms with Gasteiger partial charge in [0.2, 0.25) is 0 Å². The number of hydrogen-bond acceptors (Lipinski definition) is 7. The quantitative estimate of drug-likeness (QED) is 0.221. The second kappa shape index (κ2) is 13.6. The average molecular weight is 541 g/mol. The van der Waals surface area contributed by atoms with E-state index in [4.69, 9.17) is 18.9 Å². The Bertz CT molecular complexity index is 1190. The molecule has 0 aromatic heterocycles. The largest absolute Gasteiger partial charge is 0.496 e. The van der Waals surface area contributed by atoms with Crippen molar-refractivity contribution in [1.29, 1.82) is 0 Å². The van der Waals surface area contributed by atoms with Gasteiger partial charge in [0.1, 0.15) is 22.8 Å². The zero-order valence-electron chi connectivity index (χ0n) is 23.6. The molecule has 0 aliphatic carbocycles. The molecule has 1 N–H and O–H groups in total. The van der Waals surface area contributed by atoms with Crippen molar-refractivity contribution in [3.05, 3.63) is 52.6 Å². The number of para-hydroxylation sites is 1. The fraction of sp³-hybridized carbons (Fsp3) is 0.516. The maximum atomic E-state index is 13.6. The van der Waals surface area contributed by atoms with Crippen LogP contribution in [-0.4, -0.2) is 54.7 Å². The Morgan fingerprint density at radius 1 is 1.08 bits per heavy atom. The summed E-state index contributed by atoms with van der Waals surface area (Å²) in [6.07, 6.45) is 2.75. The summed E-state index contributed by atoms with van der Waals surface area (Å²) in [4.78, 5) is 37.0. The Labute approximate surface area is 230 Å². The summed E-state index contributed by atoms with van der Waals surface area (Å²) in [5.41, 5.74) is 1.67. The molecule has 0 bridgehead atoms. The third kappa shape index (κ3) is 6.98. The fourth-order valence-electron chi connectivity index (χ4n) is 5.04. The van der Waals surface area contributed by atoms with Crippen LogP contribution >= 0.6 is 0 Å². The van der Waals surface area contributed by atoms with Gasteiger partial charge in [-0.2, -0.15) is 0 Å². The van der Waals surface area contributed by atoms with Crippen LogP contribution in [0.3, 0.4) is 0 Å². The third-order valence-corrected chi connectivity index (χ3v) is 6.98. The minimum atomic E-state index is -1.11. The molecule has 2 unspecified atom stereocenters. The molecule has 8 nitrogen and oxygen atoms in total. The number of carbonyl (C=O) groups is 3. The summed E-state index contributed by atoms with van der Waals surface area (Å²) in [6, 6.07) is 9.02. The lowest BCUT2D eigenvalue weighted by molar-refractivity contribution is -0.139. The highest BCUT2D eigenvalue weighted by atomic mass is 16.6. The van der Waals surface area contributed by atoms with Crippen LogP contribution in [0.15, 0.2) is 30.3 Å². The molecule has 8 heteroatoms. The van der Waals surface area contributed by atoms with Gasteiger partial charge in [0, 0.05) is 24.8 Å². The van der Waals surface area contributed by atoms with E-state index in [0.717, 1.165) is 30.4 Å². The van der Waals surface area contributed by atoms with Gasteiger partial charge in [-0.3, -0.25) is 14.4 Å². The van der Waals surface area contributed by atoms with Gasteiger partial charge in [0.05, 0.1) is 31.5 Å². The summed E-state index contributed by atoms with van der Waals surface area (Å²) in [7, 11) is 1.55.